The number of likely N-dealkylation sites (tertiary alicyclic amines) is 1. The fourth-order valence-electron chi connectivity index (χ4n) is 1.37. The molecule has 0 spiro atoms. The molecule has 1 heterocycles. The zero-order chi connectivity index (χ0) is 9.40. The lowest BCUT2D eigenvalue weighted by molar-refractivity contribution is -0.131. The van der Waals surface area contributed by atoms with E-state index in [4.69, 9.17) is 0 Å². The van der Waals surface area contributed by atoms with Crippen molar-refractivity contribution in [3.8, 4) is 0 Å². The second kappa shape index (κ2) is 7.10. The van der Waals surface area contributed by atoms with Crippen LogP contribution in [0.3, 0.4) is 0 Å². The van der Waals surface area contributed by atoms with Crippen molar-refractivity contribution in [2.45, 2.75) is 32.6 Å². The molecule has 1 aliphatic heterocycles. The molecule has 0 unspecified atom stereocenters. The first-order chi connectivity index (χ1) is 5.84. The standard InChI is InChI=1S/C8H15NO.CH5N/c1-2-8(10)9-6-4-3-5-7-9;1-2/h2-7H2,1H3;2H2,1H3. The molecule has 0 saturated carbocycles. The van der Waals surface area contributed by atoms with Crippen LogP contribution in [-0.4, -0.2) is 30.9 Å². The lowest BCUT2D eigenvalue weighted by Crippen LogP contribution is -2.34. The van der Waals surface area contributed by atoms with Crippen LogP contribution in [0.1, 0.15) is 32.6 Å². The van der Waals surface area contributed by atoms with E-state index in [0.717, 1.165) is 13.1 Å². The summed E-state index contributed by atoms with van der Waals surface area (Å²) in [5.41, 5.74) is 4.50. The Morgan fingerprint density at radius 1 is 1.25 bits per heavy atom. The summed E-state index contributed by atoms with van der Waals surface area (Å²) >= 11 is 0. The summed E-state index contributed by atoms with van der Waals surface area (Å²) < 4.78 is 0. The minimum atomic E-state index is 0.319. The van der Waals surface area contributed by atoms with Gasteiger partial charge in [-0.1, -0.05) is 6.92 Å². The summed E-state index contributed by atoms with van der Waals surface area (Å²) in [5, 5.41) is 0. The number of hydrogen-bond donors (Lipinski definition) is 1. The SMILES string of the molecule is CCC(=O)N1CCCCC1.CN. The number of carbonyl (C=O) groups excluding carboxylic acids is 1. The number of amides is 1. The Balaban J connectivity index is 0.000000561. The van der Waals surface area contributed by atoms with Crippen molar-refractivity contribution in [3.63, 3.8) is 0 Å². The molecule has 3 heteroatoms. The van der Waals surface area contributed by atoms with Crippen LogP contribution in [0.2, 0.25) is 0 Å². The van der Waals surface area contributed by atoms with Gasteiger partial charge in [0.05, 0.1) is 0 Å². The molecule has 12 heavy (non-hydrogen) atoms. The monoisotopic (exact) mass is 172 g/mol. The summed E-state index contributed by atoms with van der Waals surface area (Å²) in [6.45, 7) is 3.91. The molecule has 2 N–H and O–H groups in total. The zero-order valence-corrected chi connectivity index (χ0v) is 8.18. The van der Waals surface area contributed by atoms with Gasteiger partial charge in [-0.05, 0) is 26.3 Å². The second-order valence-corrected chi connectivity index (χ2v) is 2.80. The van der Waals surface area contributed by atoms with Gasteiger partial charge in [0.2, 0.25) is 5.91 Å². The first-order valence-corrected chi connectivity index (χ1v) is 4.70. The van der Waals surface area contributed by atoms with E-state index in [-0.39, 0.29) is 0 Å². The maximum Gasteiger partial charge on any atom is 0.222 e. The Morgan fingerprint density at radius 3 is 2.17 bits per heavy atom. The summed E-state index contributed by atoms with van der Waals surface area (Å²) in [4.78, 5) is 13.1. The fourth-order valence-corrected chi connectivity index (χ4v) is 1.37. The number of nitrogens with zero attached hydrogens (tertiary/aromatic N) is 1. The molecule has 0 bridgehead atoms. The summed E-state index contributed by atoms with van der Waals surface area (Å²) in [7, 11) is 1.50. The molecule has 72 valence electrons. The number of nitrogens with two attached hydrogens (primary N) is 1. The molecular formula is C9H20N2O. The Bertz CT molecular complexity index is 120. The predicted octanol–water partition coefficient (Wildman–Crippen LogP) is 0.984. The van der Waals surface area contributed by atoms with Gasteiger partial charge in [-0.3, -0.25) is 4.79 Å². The van der Waals surface area contributed by atoms with Crippen molar-refractivity contribution in [1.82, 2.24) is 4.90 Å². The first kappa shape index (κ1) is 11.4. The normalized spacial score (nSPS) is 16.4. The van der Waals surface area contributed by atoms with Gasteiger partial charge in [-0.2, -0.15) is 0 Å². The van der Waals surface area contributed by atoms with E-state index in [9.17, 15) is 4.79 Å². The minimum Gasteiger partial charge on any atom is -0.343 e. The quantitative estimate of drug-likeness (QED) is 0.641. The predicted molar refractivity (Wildman–Crippen MR) is 50.8 cm³/mol. The maximum atomic E-state index is 11.1. The zero-order valence-electron chi connectivity index (χ0n) is 8.18. The average Bonchev–Trinajstić information content (AvgIpc) is 2.21. The van der Waals surface area contributed by atoms with Gasteiger partial charge in [0, 0.05) is 19.5 Å². The van der Waals surface area contributed by atoms with Crippen molar-refractivity contribution in [2.24, 2.45) is 5.73 Å². The van der Waals surface area contributed by atoms with Gasteiger partial charge in [0.25, 0.3) is 0 Å². The molecular weight excluding hydrogens is 152 g/mol. The summed E-state index contributed by atoms with van der Waals surface area (Å²) in [6, 6.07) is 0. The number of rotatable bonds is 1. The topological polar surface area (TPSA) is 46.3 Å². The van der Waals surface area contributed by atoms with Crippen molar-refractivity contribution in [3.05, 3.63) is 0 Å². The van der Waals surface area contributed by atoms with Gasteiger partial charge in [0.1, 0.15) is 0 Å². The molecule has 0 aromatic rings. The van der Waals surface area contributed by atoms with Gasteiger partial charge >= 0.3 is 0 Å². The Hall–Kier alpha value is -0.570. The maximum absolute atomic E-state index is 11.1. The molecule has 0 radical (unpaired) electrons. The Labute approximate surface area is 74.9 Å². The van der Waals surface area contributed by atoms with E-state index in [2.05, 4.69) is 5.73 Å². The first-order valence-electron chi connectivity index (χ1n) is 4.70. The van der Waals surface area contributed by atoms with Crippen LogP contribution in [0.15, 0.2) is 0 Å². The van der Waals surface area contributed by atoms with Gasteiger partial charge in [0.15, 0.2) is 0 Å². The van der Waals surface area contributed by atoms with E-state index in [1.165, 1.54) is 26.3 Å². The summed E-state index contributed by atoms with van der Waals surface area (Å²) in [6.07, 6.45) is 4.37. The van der Waals surface area contributed by atoms with Crippen molar-refractivity contribution in [1.29, 1.82) is 0 Å². The molecule has 0 aromatic carbocycles. The number of carbonyl (C=O) groups is 1. The highest BCUT2D eigenvalue weighted by molar-refractivity contribution is 5.75. The van der Waals surface area contributed by atoms with Crippen LogP contribution in [0, 0.1) is 0 Å². The highest BCUT2D eigenvalue weighted by Gasteiger charge is 2.13. The van der Waals surface area contributed by atoms with Crippen LogP contribution < -0.4 is 5.73 Å². The van der Waals surface area contributed by atoms with E-state index >= 15 is 0 Å². The molecule has 0 aliphatic carbocycles. The smallest absolute Gasteiger partial charge is 0.222 e. The van der Waals surface area contributed by atoms with Crippen molar-refractivity contribution < 1.29 is 4.79 Å². The molecule has 0 aromatic heterocycles. The second-order valence-electron chi connectivity index (χ2n) is 2.80. The third-order valence-corrected chi connectivity index (χ3v) is 2.01. The molecule has 1 aliphatic rings. The molecule has 1 saturated heterocycles. The molecule has 0 atom stereocenters. The van der Waals surface area contributed by atoms with Crippen LogP contribution >= 0.6 is 0 Å². The van der Waals surface area contributed by atoms with Gasteiger partial charge in [-0.25, -0.2) is 0 Å². The van der Waals surface area contributed by atoms with Gasteiger partial charge in [-0.15, -0.1) is 0 Å². The molecule has 1 fully saturated rings. The highest BCUT2D eigenvalue weighted by atomic mass is 16.2. The lowest BCUT2D eigenvalue weighted by Gasteiger charge is -2.26. The van der Waals surface area contributed by atoms with Crippen LogP contribution in [0.25, 0.3) is 0 Å². The number of piperidine rings is 1. The minimum absolute atomic E-state index is 0.319. The number of hydrogen-bond acceptors (Lipinski definition) is 2. The average molecular weight is 172 g/mol. The highest BCUT2D eigenvalue weighted by Crippen LogP contribution is 2.09. The van der Waals surface area contributed by atoms with E-state index in [1.807, 2.05) is 11.8 Å². The van der Waals surface area contributed by atoms with E-state index < -0.39 is 0 Å². The lowest BCUT2D eigenvalue weighted by atomic mass is 10.1. The van der Waals surface area contributed by atoms with Crippen molar-refractivity contribution in [2.75, 3.05) is 20.1 Å². The summed E-state index contributed by atoms with van der Waals surface area (Å²) in [5.74, 6) is 0.319. The van der Waals surface area contributed by atoms with Gasteiger partial charge < -0.3 is 10.6 Å². The molecule has 1 amide bonds. The van der Waals surface area contributed by atoms with Crippen LogP contribution in [0.4, 0.5) is 0 Å². The van der Waals surface area contributed by atoms with E-state index in [0.29, 0.717) is 12.3 Å². The molecule has 1 rings (SSSR count). The van der Waals surface area contributed by atoms with E-state index in [1.54, 1.807) is 0 Å². The van der Waals surface area contributed by atoms with Crippen LogP contribution in [0.5, 0.6) is 0 Å². The third-order valence-electron chi connectivity index (χ3n) is 2.01. The Morgan fingerprint density at radius 2 is 1.75 bits per heavy atom. The Kier molecular flexibility index (Phi) is 6.76. The largest absolute Gasteiger partial charge is 0.343 e. The molecule has 3 nitrogen and oxygen atoms in total. The van der Waals surface area contributed by atoms with Crippen molar-refractivity contribution >= 4 is 5.91 Å². The fraction of sp³-hybridized carbons (Fsp3) is 0.889. The third kappa shape index (κ3) is 3.72. The van der Waals surface area contributed by atoms with Crippen LogP contribution in [-0.2, 0) is 4.79 Å².